The summed E-state index contributed by atoms with van der Waals surface area (Å²) < 4.78 is 5.18. The molecule has 88 valence electrons. The Morgan fingerprint density at radius 1 is 1.56 bits per heavy atom. The minimum Gasteiger partial charge on any atom is -0.496 e. The zero-order chi connectivity index (χ0) is 12.1. The second-order valence-corrected chi connectivity index (χ2v) is 3.66. The van der Waals surface area contributed by atoms with Gasteiger partial charge in [0.05, 0.1) is 12.0 Å². The lowest BCUT2D eigenvalue weighted by atomic mass is 9.96. The predicted molar refractivity (Wildman–Crippen MR) is 61.7 cm³/mol. The number of nitrogens with two attached hydrogens (primary N) is 1. The van der Waals surface area contributed by atoms with Gasteiger partial charge in [-0.3, -0.25) is 10.1 Å². The molecule has 1 rings (SSSR count). The second-order valence-electron chi connectivity index (χ2n) is 3.66. The molecule has 0 amide bonds. The normalized spacial score (nSPS) is 12.2. The van der Waals surface area contributed by atoms with Gasteiger partial charge >= 0.3 is 0 Å². The van der Waals surface area contributed by atoms with Gasteiger partial charge in [0.15, 0.2) is 0 Å². The minimum atomic E-state index is -0.405. The highest BCUT2D eigenvalue weighted by molar-refractivity contribution is 5.45. The van der Waals surface area contributed by atoms with Crippen LogP contribution in [-0.2, 0) is 0 Å². The van der Waals surface area contributed by atoms with Gasteiger partial charge in [0.2, 0.25) is 0 Å². The van der Waals surface area contributed by atoms with Crippen LogP contribution in [0, 0.1) is 10.1 Å². The summed E-state index contributed by atoms with van der Waals surface area (Å²) in [7, 11) is 1.56. The molecule has 1 atom stereocenters. The number of nitro benzene ring substituents is 1. The number of methoxy groups -OCH3 is 1. The molecule has 5 heteroatoms. The molecule has 5 nitrogen and oxygen atoms in total. The third-order valence-electron chi connectivity index (χ3n) is 2.55. The quantitative estimate of drug-likeness (QED) is 0.613. The Morgan fingerprint density at radius 3 is 2.75 bits per heavy atom. The Balaban J connectivity index is 3.11. The number of nitrogens with zero attached hydrogens (tertiary/aromatic N) is 1. The zero-order valence-corrected chi connectivity index (χ0v) is 9.47. The van der Waals surface area contributed by atoms with Gasteiger partial charge < -0.3 is 10.5 Å². The van der Waals surface area contributed by atoms with Crippen molar-refractivity contribution in [2.24, 2.45) is 5.73 Å². The van der Waals surface area contributed by atoms with Crippen molar-refractivity contribution < 1.29 is 9.66 Å². The first-order valence-corrected chi connectivity index (χ1v) is 5.12. The summed E-state index contributed by atoms with van der Waals surface area (Å²) in [5, 5.41) is 10.7. The number of nitro groups is 1. The summed E-state index contributed by atoms with van der Waals surface area (Å²) >= 11 is 0. The van der Waals surface area contributed by atoms with Crippen LogP contribution in [-0.4, -0.2) is 18.6 Å². The SMILES string of the molecule is COc1ccc([N+](=O)[O-])cc1C(C)CCN. The average Bonchev–Trinajstić information content (AvgIpc) is 2.28. The van der Waals surface area contributed by atoms with Crippen LogP contribution in [0.4, 0.5) is 5.69 Å². The van der Waals surface area contributed by atoms with Crippen LogP contribution in [0.2, 0.25) is 0 Å². The Bertz CT molecular complexity index is 379. The molecule has 0 fully saturated rings. The van der Waals surface area contributed by atoms with Gasteiger partial charge in [0.25, 0.3) is 5.69 Å². The molecular formula is C11H16N2O3. The summed E-state index contributed by atoms with van der Waals surface area (Å²) in [6.45, 7) is 2.53. The number of hydrogen-bond acceptors (Lipinski definition) is 4. The standard InChI is InChI=1S/C11H16N2O3/c1-8(5-6-12)10-7-9(13(14)15)3-4-11(10)16-2/h3-4,7-8H,5-6,12H2,1-2H3. The molecule has 0 aliphatic carbocycles. The van der Waals surface area contributed by atoms with E-state index in [1.165, 1.54) is 6.07 Å². The highest BCUT2D eigenvalue weighted by Gasteiger charge is 2.15. The summed E-state index contributed by atoms with van der Waals surface area (Å²) in [4.78, 5) is 10.3. The van der Waals surface area contributed by atoms with E-state index in [0.717, 1.165) is 12.0 Å². The summed E-state index contributed by atoms with van der Waals surface area (Å²) in [6.07, 6.45) is 0.775. The molecule has 0 radical (unpaired) electrons. The molecule has 1 aromatic carbocycles. The average molecular weight is 224 g/mol. The van der Waals surface area contributed by atoms with E-state index >= 15 is 0 Å². The molecule has 0 bridgehead atoms. The molecule has 0 saturated heterocycles. The van der Waals surface area contributed by atoms with Crippen molar-refractivity contribution in [3.8, 4) is 5.75 Å². The zero-order valence-electron chi connectivity index (χ0n) is 9.47. The van der Waals surface area contributed by atoms with Crippen molar-refractivity contribution in [3.63, 3.8) is 0 Å². The van der Waals surface area contributed by atoms with Gasteiger partial charge in [-0.05, 0) is 24.9 Å². The maximum absolute atomic E-state index is 10.7. The number of hydrogen-bond donors (Lipinski definition) is 1. The first-order chi connectivity index (χ1) is 7.60. The third kappa shape index (κ3) is 2.70. The number of non-ortho nitro benzene ring substituents is 1. The van der Waals surface area contributed by atoms with Gasteiger partial charge in [-0.15, -0.1) is 0 Å². The fourth-order valence-electron chi connectivity index (χ4n) is 1.63. The van der Waals surface area contributed by atoms with E-state index in [-0.39, 0.29) is 11.6 Å². The lowest BCUT2D eigenvalue weighted by Crippen LogP contribution is -2.06. The molecule has 0 aliphatic heterocycles. The molecule has 0 saturated carbocycles. The van der Waals surface area contributed by atoms with Gasteiger partial charge in [-0.25, -0.2) is 0 Å². The number of ether oxygens (including phenoxy) is 1. The van der Waals surface area contributed by atoms with Crippen LogP contribution in [0.5, 0.6) is 5.75 Å². The maximum Gasteiger partial charge on any atom is 0.269 e. The Hall–Kier alpha value is -1.62. The second kappa shape index (κ2) is 5.46. The Labute approximate surface area is 94.4 Å². The number of benzene rings is 1. The fourth-order valence-corrected chi connectivity index (χ4v) is 1.63. The molecule has 1 aromatic rings. The molecule has 0 heterocycles. The van der Waals surface area contributed by atoms with E-state index in [2.05, 4.69) is 0 Å². The number of rotatable bonds is 5. The third-order valence-corrected chi connectivity index (χ3v) is 2.55. The molecule has 0 aromatic heterocycles. The largest absolute Gasteiger partial charge is 0.496 e. The van der Waals surface area contributed by atoms with Crippen molar-refractivity contribution in [2.45, 2.75) is 19.3 Å². The van der Waals surface area contributed by atoms with E-state index in [4.69, 9.17) is 10.5 Å². The molecule has 1 unspecified atom stereocenters. The van der Waals surface area contributed by atoms with Crippen molar-refractivity contribution in [3.05, 3.63) is 33.9 Å². The van der Waals surface area contributed by atoms with E-state index in [1.807, 2.05) is 6.92 Å². The Kier molecular flexibility index (Phi) is 4.25. The highest BCUT2D eigenvalue weighted by atomic mass is 16.6. The van der Waals surface area contributed by atoms with E-state index in [1.54, 1.807) is 19.2 Å². The fraction of sp³-hybridized carbons (Fsp3) is 0.455. The van der Waals surface area contributed by atoms with Crippen LogP contribution in [0.15, 0.2) is 18.2 Å². The van der Waals surface area contributed by atoms with Crippen LogP contribution >= 0.6 is 0 Å². The Morgan fingerprint density at radius 2 is 2.25 bits per heavy atom. The van der Waals surface area contributed by atoms with Crippen molar-refractivity contribution in [2.75, 3.05) is 13.7 Å². The maximum atomic E-state index is 10.7. The summed E-state index contributed by atoms with van der Waals surface area (Å²) in [5.41, 5.74) is 6.40. The van der Waals surface area contributed by atoms with Crippen LogP contribution < -0.4 is 10.5 Å². The minimum absolute atomic E-state index is 0.0830. The van der Waals surface area contributed by atoms with Crippen molar-refractivity contribution >= 4 is 5.69 Å². The van der Waals surface area contributed by atoms with E-state index in [0.29, 0.717) is 12.3 Å². The van der Waals surface area contributed by atoms with E-state index < -0.39 is 4.92 Å². The van der Waals surface area contributed by atoms with E-state index in [9.17, 15) is 10.1 Å². The topological polar surface area (TPSA) is 78.4 Å². The van der Waals surface area contributed by atoms with Gasteiger partial charge in [0.1, 0.15) is 5.75 Å². The molecule has 16 heavy (non-hydrogen) atoms. The van der Waals surface area contributed by atoms with Gasteiger partial charge in [-0.1, -0.05) is 6.92 Å². The van der Waals surface area contributed by atoms with Crippen LogP contribution in [0.3, 0.4) is 0 Å². The molecule has 0 spiro atoms. The monoisotopic (exact) mass is 224 g/mol. The first-order valence-electron chi connectivity index (χ1n) is 5.12. The predicted octanol–water partition coefficient (Wildman–Crippen LogP) is 2.06. The highest BCUT2D eigenvalue weighted by Crippen LogP contribution is 2.31. The van der Waals surface area contributed by atoms with Gasteiger partial charge in [0, 0.05) is 17.7 Å². The molecule has 0 aliphatic rings. The molecule has 2 N–H and O–H groups in total. The lowest BCUT2D eigenvalue weighted by molar-refractivity contribution is -0.385. The van der Waals surface area contributed by atoms with Crippen LogP contribution in [0.1, 0.15) is 24.8 Å². The first kappa shape index (κ1) is 12.4. The van der Waals surface area contributed by atoms with Crippen LogP contribution in [0.25, 0.3) is 0 Å². The summed E-state index contributed by atoms with van der Waals surface area (Å²) in [5.74, 6) is 0.825. The molecular weight excluding hydrogens is 208 g/mol. The summed E-state index contributed by atoms with van der Waals surface area (Å²) in [6, 6.07) is 4.62. The van der Waals surface area contributed by atoms with Crippen molar-refractivity contribution in [1.29, 1.82) is 0 Å². The van der Waals surface area contributed by atoms with Gasteiger partial charge in [-0.2, -0.15) is 0 Å². The van der Waals surface area contributed by atoms with Crippen molar-refractivity contribution in [1.82, 2.24) is 0 Å². The smallest absolute Gasteiger partial charge is 0.269 e. The lowest BCUT2D eigenvalue weighted by Gasteiger charge is -2.14.